The maximum Gasteiger partial charge on any atom is 0.262 e. The van der Waals surface area contributed by atoms with Gasteiger partial charge in [0.05, 0.1) is 6.20 Å². The van der Waals surface area contributed by atoms with Crippen LogP contribution < -0.4 is 20.4 Å². The van der Waals surface area contributed by atoms with E-state index in [2.05, 4.69) is 49.6 Å². The van der Waals surface area contributed by atoms with Crippen molar-refractivity contribution in [3.63, 3.8) is 0 Å². The summed E-state index contributed by atoms with van der Waals surface area (Å²) >= 11 is 6.48. The van der Waals surface area contributed by atoms with Crippen molar-refractivity contribution in [2.75, 3.05) is 61.4 Å². The van der Waals surface area contributed by atoms with Crippen molar-refractivity contribution < 1.29 is 4.79 Å². The first-order valence-electron chi connectivity index (χ1n) is 13.5. The number of anilines is 4. The summed E-state index contributed by atoms with van der Waals surface area (Å²) in [6, 6.07) is 17.9. The molecule has 2 aliphatic heterocycles. The van der Waals surface area contributed by atoms with Crippen LogP contribution in [-0.4, -0.2) is 73.1 Å². The van der Waals surface area contributed by atoms with Gasteiger partial charge in [-0.25, -0.2) is 4.98 Å². The van der Waals surface area contributed by atoms with Gasteiger partial charge in [0.2, 0.25) is 5.95 Å². The molecule has 1 amide bonds. The third-order valence-electron chi connectivity index (χ3n) is 7.26. The Kier molecular flexibility index (Phi) is 8.48. The molecule has 2 aliphatic rings. The van der Waals surface area contributed by atoms with Crippen molar-refractivity contribution in [3.05, 3.63) is 76.5 Å². The molecule has 206 valence electrons. The van der Waals surface area contributed by atoms with Crippen molar-refractivity contribution in [1.82, 2.24) is 20.2 Å². The molecule has 3 aromatic rings. The molecule has 9 nitrogen and oxygen atoms in total. The summed E-state index contributed by atoms with van der Waals surface area (Å²) in [5.41, 5.74) is 4.06. The standard InChI is InChI=1S/C30H33ClN8O/c1-21-4-3-5-22(16-21)17-23(18-32)29(40)34-25-10-11-39(20-25)28-27(31)19-33-30(36-28)35-24-6-8-26(9-7-24)38-14-12-37(2)13-15-38/h3-9,16-17,19,25H,10-15,20H2,1-2H3,(H,34,40)(H,33,35,36)/b23-17+/t25-/m1/s1. The first kappa shape index (κ1) is 27.4. The topological polar surface area (TPSA) is 100 Å². The number of aryl methyl sites for hydroxylation is 1. The Bertz CT molecular complexity index is 1430. The summed E-state index contributed by atoms with van der Waals surface area (Å²) in [7, 11) is 2.15. The van der Waals surface area contributed by atoms with Gasteiger partial charge in [0.25, 0.3) is 5.91 Å². The minimum absolute atomic E-state index is 0.0780. The largest absolute Gasteiger partial charge is 0.369 e. The molecule has 2 saturated heterocycles. The summed E-state index contributed by atoms with van der Waals surface area (Å²) < 4.78 is 0. The molecule has 0 unspecified atom stereocenters. The van der Waals surface area contributed by atoms with Gasteiger partial charge in [-0.3, -0.25) is 4.79 Å². The van der Waals surface area contributed by atoms with Crippen LogP contribution in [0.25, 0.3) is 6.08 Å². The van der Waals surface area contributed by atoms with E-state index in [0.717, 1.165) is 43.0 Å². The zero-order valence-corrected chi connectivity index (χ0v) is 23.5. The maximum absolute atomic E-state index is 12.8. The minimum atomic E-state index is -0.382. The molecule has 0 saturated carbocycles. The van der Waals surface area contributed by atoms with E-state index in [9.17, 15) is 10.1 Å². The van der Waals surface area contributed by atoms with E-state index < -0.39 is 0 Å². The molecule has 1 atom stereocenters. The van der Waals surface area contributed by atoms with Crippen molar-refractivity contribution in [3.8, 4) is 6.07 Å². The van der Waals surface area contributed by atoms with Gasteiger partial charge < -0.3 is 25.3 Å². The van der Waals surface area contributed by atoms with Crippen LogP contribution in [0, 0.1) is 18.3 Å². The summed E-state index contributed by atoms with van der Waals surface area (Å²) in [6.45, 7) is 7.34. The van der Waals surface area contributed by atoms with Crippen LogP contribution >= 0.6 is 11.6 Å². The lowest BCUT2D eigenvalue weighted by atomic mass is 10.1. The summed E-state index contributed by atoms with van der Waals surface area (Å²) in [4.78, 5) is 28.6. The Morgan fingerprint density at radius 2 is 1.88 bits per heavy atom. The molecule has 2 aromatic carbocycles. The molecule has 0 aliphatic carbocycles. The van der Waals surface area contributed by atoms with Gasteiger partial charge >= 0.3 is 0 Å². The van der Waals surface area contributed by atoms with E-state index in [1.165, 1.54) is 5.69 Å². The van der Waals surface area contributed by atoms with Crippen molar-refractivity contribution in [1.29, 1.82) is 5.26 Å². The molecule has 5 rings (SSSR count). The third kappa shape index (κ3) is 6.71. The number of aromatic nitrogens is 2. The number of nitrogens with zero attached hydrogens (tertiary/aromatic N) is 6. The van der Waals surface area contributed by atoms with Crippen LogP contribution in [0.15, 0.2) is 60.3 Å². The number of rotatable bonds is 7. The summed E-state index contributed by atoms with van der Waals surface area (Å²) in [5.74, 6) is 0.680. The second kappa shape index (κ2) is 12.4. The smallest absolute Gasteiger partial charge is 0.262 e. The van der Waals surface area contributed by atoms with Crippen LogP contribution in [0.1, 0.15) is 17.5 Å². The zero-order chi connectivity index (χ0) is 28.1. The lowest BCUT2D eigenvalue weighted by molar-refractivity contribution is -0.117. The molecule has 10 heteroatoms. The fourth-order valence-electron chi connectivity index (χ4n) is 5.00. The number of piperazine rings is 1. The first-order chi connectivity index (χ1) is 19.4. The average Bonchev–Trinajstić information content (AvgIpc) is 3.42. The molecule has 0 radical (unpaired) electrons. The summed E-state index contributed by atoms with van der Waals surface area (Å²) in [6.07, 6.45) is 3.92. The van der Waals surface area contributed by atoms with E-state index in [4.69, 9.17) is 11.6 Å². The Labute approximate surface area is 240 Å². The molecule has 3 heterocycles. The maximum atomic E-state index is 12.8. The Morgan fingerprint density at radius 1 is 1.10 bits per heavy atom. The lowest BCUT2D eigenvalue weighted by Gasteiger charge is -2.34. The average molecular weight is 557 g/mol. The number of hydrogen-bond donors (Lipinski definition) is 2. The highest BCUT2D eigenvalue weighted by Gasteiger charge is 2.27. The molecule has 1 aromatic heterocycles. The minimum Gasteiger partial charge on any atom is -0.369 e. The van der Waals surface area contributed by atoms with Crippen molar-refractivity contribution in [2.45, 2.75) is 19.4 Å². The van der Waals surface area contributed by atoms with Gasteiger partial charge in [0.1, 0.15) is 16.7 Å². The van der Waals surface area contributed by atoms with E-state index in [0.29, 0.717) is 36.3 Å². The lowest BCUT2D eigenvalue weighted by Crippen LogP contribution is -2.44. The van der Waals surface area contributed by atoms with Gasteiger partial charge in [-0.2, -0.15) is 10.2 Å². The molecule has 0 spiro atoms. The quantitative estimate of drug-likeness (QED) is 0.329. The van der Waals surface area contributed by atoms with Crippen molar-refractivity contribution >= 4 is 46.7 Å². The number of benzene rings is 2. The number of amides is 1. The van der Waals surface area contributed by atoms with E-state index in [-0.39, 0.29) is 17.5 Å². The van der Waals surface area contributed by atoms with Gasteiger partial charge in [-0.05, 0) is 56.3 Å². The molecule has 2 fully saturated rings. The molecule has 2 N–H and O–H groups in total. The van der Waals surface area contributed by atoms with Crippen LogP contribution in [-0.2, 0) is 4.79 Å². The number of hydrogen-bond acceptors (Lipinski definition) is 8. The highest BCUT2D eigenvalue weighted by Crippen LogP contribution is 2.28. The van der Waals surface area contributed by atoms with E-state index >= 15 is 0 Å². The number of nitrogens with one attached hydrogen (secondary N) is 2. The normalized spacial score (nSPS) is 17.9. The second-order valence-electron chi connectivity index (χ2n) is 10.3. The van der Waals surface area contributed by atoms with Crippen LogP contribution in [0.3, 0.4) is 0 Å². The third-order valence-corrected chi connectivity index (χ3v) is 7.53. The molecular weight excluding hydrogens is 524 g/mol. The number of halogens is 1. The summed E-state index contributed by atoms with van der Waals surface area (Å²) in [5, 5.41) is 16.3. The SMILES string of the molecule is Cc1cccc(/C=C(\C#N)C(=O)N[C@@H]2CCN(c3nc(Nc4ccc(N5CCN(C)CC5)cc4)ncc3Cl)C2)c1. The first-order valence-corrected chi connectivity index (χ1v) is 13.8. The molecule has 40 heavy (non-hydrogen) atoms. The molecule has 0 bridgehead atoms. The monoisotopic (exact) mass is 556 g/mol. The highest BCUT2D eigenvalue weighted by atomic mass is 35.5. The fourth-order valence-corrected chi connectivity index (χ4v) is 5.21. The van der Waals surface area contributed by atoms with Gasteiger partial charge in [0.15, 0.2) is 5.82 Å². The van der Waals surface area contributed by atoms with Gasteiger partial charge in [-0.15, -0.1) is 0 Å². The number of likely N-dealkylation sites (N-methyl/N-ethyl adjacent to an activating group) is 1. The highest BCUT2D eigenvalue weighted by molar-refractivity contribution is 6.32. The Hall–Kier alpha value is -4.13. The van der Waals surface area contributed by atoms with E-state index in [1.807, 2.05) is 54.3 Å². The van der Waals surface area contributed by atoms with Crippen LogP contribution in [0.2, 0.25) is 5.02 Å². The predicted molar refractivity (Wildman–Crippen MR) is 160 cm³/mol. The van der Waals surface area contributed by atoms with Crippen LogP contribution in [0.5, 0.6) is 0 Å². The second-order valence-corrected chi connectivity index (χ2v) is 10.7. The Balaban J connectivity index is 1.20. The fraction of sp³-hybridized carbons (Fsp3) is 0.333. The Morgan fingerprint density at radius 3 is 2.60 bits per heavy atom. The van der Waals surface area contributed by atoms with Gasteiger partial charge in [-0.1, -0.05) is 41.4 Å². The van der Waals surface area contributed by atoms with Crippen LogP contribution in [0.4, 0.5) is 23.1 Å². The van der Waals surface area contributed by atoms with Gasteiger partial charge in [0, 0.05) is 56.7 Å². The zero-order valence-electron chi connectivity index (χ0n) is 22.8. The van der Waals surface area contributed by atoms with Crippen molar-refractivity contribution in [2.24, 2.45) is 0 Å². The van der Waals surface area contributed by atoms with E-state index in [1.54, 1.807) is 12.3 Å². The number of carbonyl (C=O) groups is 1. The predicted octanol–water partition coefficient (Wildman–Crippen LogP) is 4.24. The number of carbonyl (C=O) groups excluding carboxylic acids is 1. The molecular formula is C30H33ClN8O. The number of nitriles is 1.